The van der Waals surface area contributed by atoms with Crippen molar-refractivity contribution in [1.29, 1.82) is 0 Å². The maximum atomic E-state index is 3.83. The minimum atomic E-state index is 0.710. The zero-order valence-corrected chi connectivity index (χ0v) is 6.85. The van der Waals surface area contributed by atoms with E-state index in [-0.39, 0.29) is 0 Å². The number of hydrogen-bond acceptors (Lipinski definition) is 2. The molecule has 0 aromatic rings. The van der Waals surface area contributed by atoms with E-state index >= 15 is 0 Å². The minimum Gasteiger partial charge on any atom is -0.308 e. The van der Waals surface area contributed by atoms with E-state index < -0.39 is 0 Å². The first-order chi connectivity index (χ1) is 4.68. The lowest BCUT2D eigenvalue weighted by Crippen LogP contribution is -2.56. The van der Waals surface area contributed by atoms with Gasteiger partial charge in [0.15, 0.2) is 0 Å². The molecule has 0 atom stereocenters. The van der Waals surface area contributed by atoms with Crippen molar-refractivity contribution in [3.05, 3.63) is 12.2 Å². The number of likely N-dealkylation sites (N-methyl/N-ethyl adjacent to an activating group) is 1. The summed E-state index contributed by atoms with van der Waals surface area (Å²) in [4.78, 5) is 2.30. The highest BCUT2D eigenvalue weighted by atomic mass is 15.2. The van der Waals surface area contributed by atoms with Crippen LogP contribution in [0.2, 0.25) is 0 Å². The average Bonchev–Trinajstić information content (AvgIpc) is 1.77. The van der Waals surface area contributed by atoms with E-state index in [2.05, 4.69) is 30.8 Å². The highest BCUT2D eigenvalue weighted by molar-refractivity contribution is 4.94. The average molecular weight is 140 g/mol. The van der Waals surface area contributed by atoms with Gasteiger partial charge in [0.25, 0.3) is 0 Å². The summed E-state index contributed by atoms with van der Waals surface area (Å²) in [7, 11) is 2.14. The Morgan fingerprint density at radius 2 is 2.30 bits per heavy atom. The number of hydrogen-bond donors (Lipinski definition) is 1. The van der Waals surface area contributed by atoms with Gasteiger partial charge in [0.1, 0.15) is 0 Å². The molecule has 0 spiro atoms. The summed E-state index contributed by atoms with van der Waals surface area (Å²) in [6.07, 6.45) is 0. The van der Waals surface area contributed by atoms with Crippen LogP contribution in [0.15, 0.2) is 12.2 Å². The molecule has 0 aromatic heterocycles. The first-order valence-electron chi connectivity index (χ1n) is 3.75. The lowest BCUT2D eigenvalue weighted by molar-refractivity contribution is 0.165. The van der Waals surface area contributed by atoms with Crippen molar-refractivity contribution >= 4 is 0 Å². The second-order valence-electron chi connectivity index (χ2n) is 3.26. The molecule has 1 N–H and O–H groups in total. The molecule has 1 aliphatic heterocycles. The Morgan fingerprint density at radius 3 is 2.70 bits per heavy atom. The van der Waals surface area contributed by atoms with Crippen molar-refractivity contribution < 1.29 is 0 Å². The minimum absolute atomic E-state index is 0.710. The van der Waals surface area contributed by atoms with Crippen LogP contribution in [-0.2, 0) is 0 Å². The van der Waals surface area contributed by atoms with Crippen molar-refractivity contribution in [2.45, 2.75) is 13.0 Å². The lowest BCUT2D eigenvalue weighted by Gasteiger charge is -2.36. The van der Waals surface area contributed by atoms with Gasteiger partial charge in [-0.3, -0.25) is 0 Å². The Bertz CT molecular complexity index is 125. The number of rotatable bonds is 3. The molecule has 2 heteroatoms. The molecular formula is C8H16N2. The number of nitrogens with one attached hydrogen (secondary N) is 1. The summed E-state index contributed by atoms with van der Waals surface area (Å²) in [6.45, 7) is 9.23. The predicted octanol–water partition coefficient (Wildman–Crippen LogP) is 0.466. The lowest BCUT2D eigenvalue weighted by atomic mass is 10.1. The van der Waals surface area contributed by atoms with Gasteiger partial charge in [0, 0.05) is 25.7 Å². The summed E-state index contributed by atoms with van der Waals surface area (Å²) < 4.78 is 0. The van der Waals surface area contributed by atoms with E-state index in [0.29, 0.717) is 6.04 Å². The van der Waals surface area contributed by atoms with Crippen molar-refractivity contribution in [1.82, 2.24) is 10.2 Å². The number of likely N-dealkylation sites (tertiary alicyclic amines) is 1. The van der Waals surface area contributed by atoms with E-state index in [1.807, 2.05) is 0 Å². The molecule has 1 rings (SSSR count). The van der Waals surface area contributed by atoms with Crippen LogP contribution in [0.1, 0.15) is 6.92 Å². The molecule has 1 saturated heterocycles. The normalized spacial score (nSPS) is 20.6. The topological polar surface area (TPSA) is 15.3 Å². The third kappa shape index (κ3) is 2.12. The van der Waals surface area contributed by atoms with Crippen LogP contribution in [0.3, 0.4) is 0 Å². The van der Waals surface area contributed by atoms with Crippen molar-refractivity contribution in [3.63, 3.8) is 0 Å². The van der Waals surface area contributed by atoms with Crippen LogP contribution in [-0.4, -0.2) is 37.6 Å². The Kier molecular flexibility index (Phi) is 2.46. The Labute approximate surface area is 62.9 Å². The van der Waals surface area contributed by atoms with Gasteiger partial charge in [0.05, 0.1) is 0 Å². The molecule has 0 radical (unpaired) electrons. The second kappa shape index (κ2) is 3.17. The van der Waals surface area contributed by atoms with Gasteiger partial charge in [-0.05, 0) is 14.0 Å². The van der Waals surface area contributed by atoms with E-state index in [9.17, 15) is 0 Å². The van der Waals surface area contributed by atoms with Crippen LogP contribution in [0, 0.1) is 0 Å². The highest BCUT2D eigenvalue weighted by Gasteiger charge is 2.21. The molecule has 58 valence electrons. The molecule has 2 nitrogen and oxygen atoms in total. The Hall–Kier alpha value is -0.340. The van der Waals surface area contributed by atoms with Crippen LogP contribution in [0.25, 0.3) is 0 Å². The molecule has 0 aromatic carbocycles. The maximum absolute atomic E-state index is 3.83. The second-order valence-corrected chi connectivity index (χ2v) is 3.26. The fraction of sp³-hybridized carbons (Fsp3) is 0.750. The molecular weight excluding hydrogens is 124 g/mol. The molecule has 0 aliphatic carbocycles. The van der Waals surface area contributed by atoms with Gasteiger partial charge >= 0.3 is 0 Å². The maximum Gasteiger partial charge on any atom is 0.0325 e. The van der Waals surface area contributed by atoms with Crippen LogP contribution >= 0.6 is 0 Å². The molecule has 0 amide bonds. The van der Waals surface area contributed by atoms with Crippen LogP contribution in [0.5, 0.6) is 0 Å². The SMILES string of the molecule is C=C(C)CNC1CN(C)C1. The van der Waals surface area contributed by atoms with E-state index in [1.54, 1.807) is 0 Å². The molecule has 1 fully saturated rings. The molecule has 1 aliphatic rings. The summed E-state index contributed by atoms with van der Waals surface area (Å²) in [5, 5.41) is 3.41. The molecule has 10 heavy (non-hydrogen) atoms. The largest absolute Gasteiger partial charge is 0.308 e. The van der Waals surface area contributed by atoms with Gasteiger partial charge in [-0.15, -0.1) is 0 Å². The highest BCUT2D eigenvalue weighted by Crippen LogP contribution is 2.03. The fourth-order valence-corrected chi connectivity index (χ4v) is 1.15. The van der Waals surface area contributed by atoms with Gasteiger partial charge in [0.2, 0.25) is 0 Å². The van der Waals surface area contributed by atoms with Crippen LogP contribution < -0.4 is 5.32 Å². The molecule has 0 unspecified atom stereocenters. The van der Waals surface area contributed by atoms with Crippen molar-refractivity contribution in [3.8, 4) is 0 Å². The Balaban J connectivity index is 2.00. The third-order valence-electron chi connectivity index (χ3n) is 1.76. The zero-order valence-electron chi connectivity index (χ0n) is 6.85. The van der Waals surface area contributed by atoms with Crippen LogP contribution in [0.4, 0.5) is 0 Å². The first kappa shape index (κ1) is 7.76. The fourth-order valence-electron chi connectivity index (χ4n) is 1.15. The Morgan fingerprint density at radius 1 is 1.70 bits per heavy atom. The van der Waals surface area contributed by atoms with Crippen molar-refractivity contribution in [2.24, 2.45) is 0 Å². The quantitative estimate of drug-likeness (QED) is 0.573. The zero-order chi connectivity index (χ0) is 7.56. The predicted molar refractivity (Wildman–Crippen MR) is 44.1 cm³/mol. The van der Waals surface area contributed by atoms with E-state index in [0.717, 1.165) is 6.54 Å². The smallest absolute Gasteiger partial charge is 0.0325 e. The summed E-state index contributed by atoms with van der Waals surface area (Å²) in [6, 6.07) is 0.710. The van der Waals surface area contributed by atoms with E-state index in [1.165, 1.54) is 18.7 Å². The standard InChI is InChI=1S/C8H16N2/c1-7(2)4-9-8-5-10(3)6-8/h8-9H,1,4-6H2,2-3H3. The molecule has 0 saturated carbocycles. The van der Waals surface area contributed by atoms with Gasteiger partial charge in [-0.1, -0.05) is 12.2 Å². The van der Waals surface area contributed by atoms with Gasteiger partial charge < -0.3 is 10.2 Å². The summed E-state index contributed by atoms with van der Waals surface area (Å²) in [5.41, 5.74) is 1.22. The molecule has 1 heterocycles. The number of nitrogens with zero attached hydrogens (tertiary/aromatic N) is 1. The van der Waals surface area contributed by atoms with Crippen molar-refractivity contribution in [2.75, 3.05) is 26.7 Å². The third-order valence-corrected chi connectivity index (χ3v) is 1.76. The van der Waals surface area contributed by atoms with Gasteiger partial charge in [-0.2, -0.15) is 0 Å². The monoisotopic (exact) mass is 140 g/mol. The summed E-state index contributed by atoms with van der Waals surface area (Å²) >= 11 is 0. The van der Waals surface area contributed by atoms with E-state index in [4.69, 9.17) is 0 Å². The molecule has 0 bridgehead atoms. The summed E-state index contributed by atoms with van der Waals surface area (Å²) in [5.74, 6) is 0. The van der Waals surface area contributed by atoms with Gasteiger partial charge in [-0.25, -0.2) is 0 Å². The first-order valence-corrected chi connectivity index (χ1v) is 3.75.